The van der Waals surface area contributed by atoms with Crippen LogP contribution in [0, 0.1) is 0 Å². The molecule has 0 unspecified atom stereocenters. The summed E-state index contributed by atoms with van der Waals surface area (Å²) in [5.41, 5.74) is 2.41. The topological polar surface area (TPSA) is 41.1 Å². The molecule has 2 aromatic carbocycles. The van der Waals surface area contributed by atoms with Crippen molar-refractivity contribution in [1.82, 2.24) is 0 Å². The number of rotatable bonds is 2. The third-order valence-corrected chi connectivity index (χ3v) is 3.21. The van der Waals surface area contributed by atoms with Crippen LogP contribution in [-0.2, 0) is 0 Å². The summed E-state index contributed by atoms with van der Waals surface area (Å²) in [4.78, 5) is 12.1. The molecule has 2 aromatic rings. The van der Waals surface area contributed by atoms with Gasteiger partial charge in [0.2, 0.25) is 0 Å². The molecule has 1 aliphatic heterocycles. The number of benzene rings is 2. The maximum atomic E-state index is 12.1. The van der Waals surface area contributed by atoms with Crippen molar-refractivity contribution in [3.63, 3.8) is 0 Å². The van der Waals surface area contributed by atoms with E-state index in [1.165, 1.54) is 6.08 Å². The van der Waals surface area contributed by atoms with E-state index in [1.807, 2.05) is 24.3 Å². The molecule has 2 N–H and O–H groups in total. The number of ketones is 1. The van der Waals surface area contributed by atoms with Crippen LogP contribution in [0.4, 0.5) is 11.4 Å². The van der Waals surface area contributed by atoms with Gasteiger partial charge in [0.15, 0.2) is 5.78 Å². The van der Waals surface area contributed by atoms with Gasteiger partial charge in [-0.2, -0.15) is 0 Å². The van der Waals surface area contributed by atoms with E-state index in [9.17, 15) is 4.79 Å². The molecule has 0 saturated carbocycles. The molecular formula is C15H11ClN2O. The molecule has 0 fully saturated rings. The van der Waals surface area contributed by atoms with Crippen molar-refractivity contribution >= 4 is 28.8 Å². The molecule has 94 valence electrons. The summed E-state index contributed by atoms with van der Waals surface area (Å²) in [7, 11) is 0. The Kier molecular flexibility index (Phi) is 2.97. The second-order valence-electron chi connectivity index (χ2n) is 4.20. The van der Waals surface area contributed by atoms with Gasteiger partial charge in [0, 0.05) is 11.6 Å². The van der Waals surface area contributed by atoms with E-state index in [1.54, 1.807) is 24.3 Å². The smallest absolute Gasteiger partial charge is 0.190 e. The van der Waals surface area contributed by atoms with Crippen LogP contribution in [0.5, 0.6) is 0 Å². The van der Waals surface area contributed by atoms with E-state index in [0.29, 0.717) is 16.4 Å². The molecule has 19 heavy (non-hydrogen) atoms. The van der Waals surface area contributed by atoms with Crippen LogP contribution in [0.3, 0.4) is 0 Å². The van der Waals surface area contributed by atoms with Crippen molar-refractivity contribution in [3.05, 3.63) is 71.0 Å². The molecule has 0 atom stereocenters. The first-order valence-corrected chi connectivity index (χ1v) is 6.25. The molecule has 3 rings (SSSR count). The van der Waals surface area contributed by atoms with Crippen LogP contribution < -0.4 is 10.6 Å². The minimum Gasteiger partial charge on any atom is -0.340 e. The number of allylic oxidation sites excluding steroid dienone is 1. The van der Waals surface area contributed by atoms with E-state index in [-0.39, 0.29) is 5.78 Å². The summed E-state index contributed by atoms with van der Waals surface area (Å²) >= 11 is 6.00. The summed E-state index contributed by atoms with van der Waals surface area (Å²) in [5, 5.41) is 6.74. The Bertz CT molecular complexity index is 652. The molecule has 0 radical (unpaired) electrons. The van der Waals surface area contributed by atoms with E-state index in [2.05, 4.69) is 10.6 Å². The minimum absolute atomic E-state index is 0.131. The fourth-order valence-electron chi connectivity index (χ4n) is 1.96. The van der Waals surface area contributed by atoms with Gasteiger partial charge < -0.3 is 10.6 Å². The molecule has 0 aliphatic carbocycles. The molecule has 0 amide bonds. The lowest BCUT2D eigenvalue weighted by Crippen LogP contribution is -2.04. The van der Waals surface area contributed by atoms with Crippen LogP contribution in [0.25, 0.3) is 0 Å². The van der Waals surface area contributed by atoms with Gasteiger partial charge >= 0.3 is 0 Å². The first-order chi connectivity index (χ1) is 9.24. The maximum absolute atomic E-state index is 12.1. The highest BCUT2D eigenvalue weighted by atomic mass is 35.5. The zero-order valence-electron chi connectivity index (χ0n) is 9.98. The van der Waals surface area contributed by atoms with Gasteiger partial charge in [-0.3, -0.25) is 4.79 Å². The Morgan fingerprint density at radius 2 is 1.53 bits per heavy atom. The fourth-order valence-corrected chi connectivity index (χ4v) is 2.19. The highest BCUT2D eigenvalue weighted by Crippen LogP contribution is 2.29. The van der Waals surface area contributed by atoms with Crippen LogP contribution in [0.15, 0.2) is 60.4 Å². The summed E-state index contributed by atoms with van der Waals surface area (Å²) in [6.07, 6.45) is 1.52. The first kappa shape index (κ1) is 11.8. The predicted octanol–water partition coefficient (Wildman–Crippen LogP) is 3.90. The lowest BCUT2D eigenvalue weighted by atomic mass is 10.1. The average molecular weight is 271 g/mol. The van der Waals surface area contributed by atoms with Crippen LogP contribution in [0.1, 0.15) is 10.4 Å². The second-order valence-corrected chi connectivity index (χ2v) is 4.60. The maximum Gasteiger partial charge on any atom is 0.190 e. The monoisotopic (exact) mass is 270 g/mol. The fraction of sp³-hybridized carbons (Fsp3) is 0. The minimum atomic E-state index is -0.131. The average Bonchev–Trinajstić information content (AvgIpc) is 2.81. The summed E-state index contributed by atoms with van der Waals surface area (Å²) in [6, 6.07) is 14.8. The number of carbonyl (C=O) groups is 1. The molecule has 0 spiro atoms. The Balaban J connectivity index is 1.85. The molecule has 3 nitrogen and oxygen atoms in total. The van der Waals surface area contributed by atoms with Gasteiger partial charge in [0.05, 0.1) is 16.4 Å². The van der Waals surface area contributed by atoms with Crippen molar-refractivity contribution in [1.29, 1.82) is 0 Å². The number of para-hydroxylation sites is 2. The number of nitrogens with one attached hydrogen (secondary N) is 2. The Hall–Kier alpha value is -2.26. The molecule has 0 aromatic heterocycles. The zero-order valence-corrected chi connectivity index (χ0v) is 10.7. The van der Waals surface area contributed by atoms with E-state index in [4.69, 9.17) is 11.6 Å². The van der Waals surface area contributed by atoms with Gasteiger partial charge in [0.1, 0.15) is 5.82 Å². The standard InChI is InChI=1S/C15H11ClN2O/c16-11-6-2-1-5-10(11)14(19)9-15-17-12-7-3-4-8-13(12)18-15/h1-9,17-18H. The quantitative estimate of drug-likeness (QED) is 0.642. The van der Waals surface area contributed by atoms with Crippen LogP contribution in [0.2, 0.25) is 5.02 Å². The SMILES string of the molecule is O=C(C=C1Nc2ccccc2N1)c1ccccc1Cl. The molecule has 4 heteroatoms. The van der Waals surface area contributed by atoms with Crippen molar-refractivity contribution in [2.24, 2.45) is 0 Å². The largest absolute Gasteiger partial charge is 0.340 e. The molecular weight excluding hydrogens is 260 g/mol. The highest BCUT2D eigenvalue weighted by molar-refractivity contribution is 6.34. The van der Waals surface area contributed by atoms with Crippen molar-refractivity contribution in [3.8, 4) is 0 Å². The summed E-state index contributed by atoms with van der Waals surface area (Å²) in [6.45, 7) is 0. The Morgan fingerprint density at radius 1 is 0.947 bits per heavy atom. The number of fused-ring (bicyclic) bond motifs is 1. The number of carbonyl (C=O) groups excluding carboxylic acids is 1. The van der Waals surface area contributed by atoms with Crippen LogP contribution in [-0.4, -0.2) is 5.78 Å². The molecule has 1 heterocycles. The first-order valence-electron chi connectivity index (χ1n) is 5.88. The van der Waals surface area contributed by atoms with E-state index < -0.39 is 0 Å². The number of hydrogen-bond donors (Lipinski definition) is 2. The lowest BCUT2D eigenvalue weighted by Gasteiger charge is -2.01. The van der Waals surface area contributed by atoms with E-state index >= 15 is 0 Å². The van der Waals surface area contributed by atoms with Gasteiger partial charge in [-0.1, -0.05) is 35.9 Å². The lowest BCUT2D eigenvalue weighted by molar-refractivity contribution is 0.104. The van der Waals surface area contributed by atoms with Gasteiger partial charge in [0.25, 0.3) is 0 Å². The van der Waals surface area contributed by atoms with Gasteiger partial charge in [-0.15, -0.1) is 0 Å². The number of hydrogen-bond acceptors (Lipinski definition) is 3. The Morgan fingerprint density at radius 3 is 2.16 bits per heavy atom. The second kappa shape index (κ2) is 4.78. The summed E-state index contributed by atoms with van der Waals surface area (Å²) < 4.78 is 0. The Labute approximate surface area is 115 Å². The zero-order chi connectivity index (χ0) is 13.2. The third-order valence-electron chi connectivity index (χ3n) is 2.88. The van der Waals surface area contributed by atoms with Crippen molar-refractivity contribution in [2.75, 3.05) is 10.6 Å². The normalized spacial score (nSPS) is 12.4. The van der Waals surface area contributed by atoms with Crippen molar-refractivity contribution < 1.29 is 4.79 Å². The van der Waals surface area contributed by atoms with Crippen LogP contribution >= 0.6 is 11.6 Å². The van der Waals surface area contributed by atoms with Gasteiger partial charge in [-0.05, 0) is 24.3 Å². The third kappa shape index (κ3) is 2.33. The molecule has 0 saturated heterocycles. The van der Waals surface area contributed by atoms with Gasteiger partial charge in [-0.25, -0.2) is 0 Å². The molecule has 0 bridgehead atoms. The predicted molar refractivity (Wildman–Crippen MR) is 77.6 cm³/mol. The number of anilines is 2. The van der Waals surface area contributed by atoms with Crippen molar-refractivity contribution in [2.45, 2.75) is 0 Å². The molecule has 1 aliphatic rings. The van der Waals surface area contributed by atoms with E-state index in [0.717, 1.165) is 11.4 Å². The summed E-state index contributed by atoms with van der Waals surface area (Å²) in [5.74, 6) is 0.527. The number of halogens is 1. The highest BCUT2D eigenvalue weighted by Gasteiger charge is 2.15.